The average molecular weight is 276 g/mol. The van der Waals surface area contributed by atoms with Gasteiger partial charge < -0.3 is 10.4 Å². The highest BCUT2D eigenvalue weighted by atomic mass is 16.4. The smallest absolute Gasteiger partial charge is 0.303 e. The summed E-state index contributed by atoms with van der Waals surface area (Å²) in [5.41, 5.74) is 9.21. The van der Waals surface area contributed by atoms with Gasteiger partial charge in [-0.25, -0.2) is 0 Å². The van der Waals surface area contributed by atoms with Gasteiger partial charge in [-0.15, -0.1) is 0 Å². The number of rotatable bonds is 8. The van der Waals surface area contributed by atoms with Gasteiger partial charge in [0.15, 0.2) is 0 Å². The van der Waals surface area contributed by atoms with Crippen LogP contribution in [0.5, 0.6) is 0 Å². The predicted octanol–water partition coefficient (Wildman–Crippen LogP) is 3.00. The van der Waals surface area contributed by atoms with Gasteiger partial charge in [-0.2, -0.15) is 0 Å². The van der Waals surface area contributed by atoms with Crippen LogP contribution < -0.4 is 5.32 Å². The van der Waals surface area contributed by atoms with E-state index in [0.29, 0.717) is 24.2 Å². The number of carbonyl (C=O) groups excluding carboxylic acids is 1. The van der Waals surface area contributed by atoms with Gasteiger partial charge in [0.2, 0.25) is 0 Å². The molecule has 0 saturated carbocycles. The molecule has 1 aromatic carbocycles. The fourth-order valence-corrected chi connectivity index (χ4v) is 1.61. The molecule has 7 nitrogen and oxygen atoms in total. The third-order valence-electron chi connectivity index (χ3n) is 2.64. The highest BCUT2D eigenvalue weighted by molar-refractivity contribution is 5.94. The van der Waals surface area contributed by atoms with Crippen LogP contribution in [-0.2, 0) is 4.79 Å². The highest BCUT2D eigenvalue weighted by Crippen LogP contribution is 2.12. The van der Waals surface area contributed by atoms with Crippen molar-refractivity contribution in [1.29, 1.82) is 0 Å². The zero-order valence-electron chi connectivity index (χ0n) is 11.0. The number of hydrogen-bond donors (Lipinski definition) is 2. The molecular weight excluding hydrogens is 260 g/mol. The average Bonchev–Trinajstić information content (AvgIpc) is 2.43. The minimum atomic E-state index is -0.797. The number of unbranched alkanes of at least 4 members (excludes halogenated alkanes) is 2. The predicted molar refractivity (Wildman–Crippen MR) is 73.7 cm³/mol. The minimum absolute atomic E-state index is 0.162. The van der Waals surface area contributed by atoms with Crippen LogP contribution in [0, 0.1) is 0 Å². The van der Waals surface area contributed by atoms with E-state index in [4.69, 9.17) is 10.6 Å². The van der Waals surface area contributed by atoms with E-state index in [-0.39, 0.29) is 12.3 Å². The monoisotopic (exact) mass is 276 g/mol. The maximum Gasteiger partial charge on any atom is 0.303 e. The van der Waals surface area contributed by atoms with E-state index in [2.05, 4.69) is 15.3 Å². The van der Waals surface area contributed by atoms with E-state index in [1.54, 1.807) is 24.3 Å². The Labute approximate surface area is 116 Å². The molecular formula is C13H16N4O3. The zero-order valence-corrected chi connectivity index (χ0v) is 11.0. The van der Waals surface area contributed by atoms with Crippen molar-refractivity contribution in [1.82, 2.24) is 5.32 Å². The number of benzene rings is 1. The molecule has 1 aromatic rings. The van der Waals surface area contributed by atoms with Gasteiger partial charge in [-0.05, 0) is 30.5 Å². The van der Waals surface area contributed by atoms with Crippen molar-refractivity contribution in [2.24, 2.45) is 5.11 Å². The summed E-state index contributed by atoms with van der Waals surface area (Å²) in [6.07, 6.45) is 2.29. The third kappa shape index (κ3) is 5.88. The van der Waals surface area contributed by atoms with Crippen molar-refractivity contribution >= 4 is 17.6 Å². The number of carboxylic acid groups (broad SMARTS) is 1. The van der Waals surface area contributed by atoms with E-state index >= 15 is 0 Å². The molecule has 0 atom stereocenters. The number of amides is 1. The van der Waals surface area contributed by atoms with Crippen LogP contribution in [0.25, 0.3) is 10.4 Å². The second-order valence-corrected chi connectivity index (χ2v) is 4.20. The van der Waals surface area contributed by atoms with Crippen molar-refractivity contribution < 1.29 is 14.7 Å². The van der Waals surface area contributed by atoms with E-state index in [0.717, 1.165) is 12.8 Å². The SMILES string of the molecule is [N-]=[N+]=Nc1ccc(C(=O)NCCCCCC(=O)O)cc1. The number of hydrogen-bond acceptors (Lipinski definition) is 3. The van der Waals surface area contributed by atoms with Crippen LogP contribution in [0.3, 0.4) is 0 Å². The van der Waals surface area contributed by atoms with Gasteiger partial charge in [0, 0.05) is 29.1 Å². The largest absolute Gasteiger partial charge is 0.481 e. The molecule has 106 valence electrons. The molecule has 0 aliphatic rings. The van der Waals surface area contributed by atoms with Crippen molar-refractivity contribution in [3.63, 3.8) is 0 Å². The molecule has 1 rings (SSSR count). The first-order valence-electron chi connectivity index (χ1n) is 6.28. The Bertz CT molecular complexity index is 507. The Morgan fingerprint density at radius 3 is 2.50 bits per heavy atom. The van der Waals surface area contributed by atoms with E-state index in [1.165, 1.54) is 0 Å². The van der Waals surface area contributed by atoms with Crippen LogP contribution in [0.2, 0.25) is 0 Å². The molecule has 0 radical (unpaired) electrons. The number of nitrogens with zero attached hydrogens (tertiary/aromatic N) is 3. The molecule has 0 aliphatic carbocycles. The Hall–Kier alpha value is -2.53. The number of nitrogens with one attached hydrogen (secondary N) is 1. The summed E-state index contributed by atoms with van der Waals surface area (Å²) in [7, 11) is 0. The molecule has 0 fully saturated rings. The lowest BCUT2D eigenvalue weighted by atomic mass is 10.1. The first-order chi connectivity index (χ1) is 9.63. The molecule has 0 spiro atoms. The van der Waals surface area contributed by atoms with Crippen molar-refractivity contribution in [2.45, 2.75) is 25.7 Å². The summed E-state index contributed by atoms with van der Waals surface area (Å²) in [4.78, 5) is 24.7. The first kappa shape index (κ1) is 15.5. The fraction of sp³-hybridized carbons (Fsp3) is 0.385. The van der Waals surface area contributed by atoms with Gasteiger partial charge in [0.25, 0.3) is 5.91 Å². The molecule has 2 N–H and O–H groups in total. The van der Waals surface area contributed by atoms with Crippen LogP contribution in [0.15, 0.2) is 29.4 Å². The van der Waals surface area contributed by atoms with Crippen LogP contribution in [0.4, 0.5) is 5.69 Å². The first-order valence-corrected chi connectivity index (χ1v) is 6.28. The Balaban J connectivity index is 2.28. The summed E-state index contributed by atoms with van der Waals surface area (Å²) in [5, 5.41) is 14.6. The third-order valence-corrected chi connectivity index (χ3v) is 2.64. The summed E-state index contributed by atoms with van der Waals surface area (Å²) < 4.78 is 0. The van der Waals surface area contributed by atoms with E-state index in [9.17, 15) is 9.59 Å². The molecule has 0 saturated heterocycles. The second kappa shape index (κ2) is 8.55. The number of carboxylic acids is 1. The Kier molecular flexibility index (Phi) is 6.64. The van der Waals surface area contributed by atoms with Crippen molar-refractivity contribution in [2.75, 3.05) is 6.54 Å². The van der Waals surface area contributed by atoms with Gasteiger partial charge >= 0.3 is 5.97 Å². The number of aliphatic carboxylic acids is 1. The molecule has 0 bridgehead atoms. The van der Waals surface area contributed by atoms with Crippen molar-refractivity contribution in [3.8, 4) is 0 Å². The number of carbonyl (C=O) groups is 2. The van der Waals surface area contributed by atoms with Gasteiger partial charge in [0.05, 0.1) is 0 Å². The van der Waals surface area contributed by atoms with Gasteiger partial charge in [-0.3, -0.25) is 9.59 Å². The van der Waals surface area contributed by atoms with Crippen molar-refractivity contribution in [3.05, 3.63) is 40.3 Å². The lowest BCUT2D eigenvalue weighted by Crippen LogP contribution is -2.24. The molecule has 0 aromatic heterocycles. The fourth-order valence-electron chi connectivity index (χ4n) is 1.61. The Morgan fingerprint density at radius 2 is 1.90 bits per heavy atom. The molecule has 0 aliphatic heterocycles. The highest BCUT2D eigenvalue weighted by Gasteiger charge is 2.04. The zero-order chi connectivity index (χ0) is 14.8. The van der Waals surface area contributed by atoms with Gasteiger partial charge in [0.1, 0.15) is 0 Å². The maximum absolute atomic E-state index is 11.7. The normalized spacial score (nSPS) is 9.60. The van der Waals surface area contributed by atoms with E-state index in [1.807, 2.05) is 0 Å². The molecule has 1 amide bonds. The van der Waals surface area contributed by atoms with E-state index < -0.39 is 5.97 Å². The second-order valence-electron chi connectivity index (χ2n) is 4.20. The topological polar surface area (TPSA) is 115 Å². The molecule has 7 heteroatoms. The quantitative estimate of drug-likeness (QED) is 0.329. The summed E-state index contributed by atoms with van der Waals surface area (Å²) in [6, 6.07) is 6.32. The lowest BCUT2D eigenvalue weighted by Gasteiger charge is -2.05. The minimum Gasteiger partial charge on any atom is -0.481 e. The Morgan fingerprint density at radius 1 is 1.20 bits per heavy atom. The molecule has 0 heterocycles. The maximum atomic E-state index is 11.7. The van der Waals surface area contributed by atoms with Gasteiger partial charge in [-0.1, -0.05) is 23.7 Å². The lowest BCUT2D eigenvalue weighted by molar-refractivity contribution is -0.137. The summed E-state index contributed by atoms with van der Waals surface area (Å²) in [6.45, 7) is 0.510. The number of azide groups is 1. The summed E-state index contributed by atoms with van der Waals surface area (Å²) in [5.74, 6) is -0.995. The van der Waals surface area contributed by atoms with Crippen LogP contribution in [0.1, 0.15) is 36.0 Å². The molecule has 20 heavy (non-hydrogen) atoms. The molecule has 0 unspecified atom stereocenters. The van der Waals surface area contributed by atoms with Crippen LogP contribution in [-0.4, -0.2) is 23.5 Å². The van der Waals surface area contributed by atoms with Crippen LogP contribution >= 0.6 is 0 Å². The summed E-state index contributed by atoms with van der Waals surface area (Å²) >= 11 is 0. The standard InChI is InChI=1S/C13H16N4O3/c14-17-16-11-7-5-10(6-8-11)13(20)15-9-3-1-2-4-12(18)19/h5-8H,1-4,9H2,(H,15,20)(H,18,19).